The quantitative estimate of drug-likeness (QED) is 0.737. The molecule has 0 amide bonds. The van der Waals surface area contributed by atoms with Gasteiger partial charge in [-0.1, -0.05) is 72.9 Å². The molecule has 2 aromatic rings. The smallest absolute Gasteiger partial charge is 0.251 e. The molecule has 0 aliphatic rings. The van der Waals surface area contributed by atoms with E-state index in [0.29, 0.717) is 11.8 Å². The highest BCUT2D eigenvalue weighted by atomic mass is 16.1. The maximum Gasteiger partial charge on any atom is 0.251 e. The van der Waals surface area contributed by atoms with Gasteiger partial charge in [0.05, 0.1) is 0 Å². The van der Waals surface area contributed by atoms with Crippen LogP contribution in [0.25, 0.3) is 0 Å². The molecule has 2 heteroatoms. The molecule has 1 heterocycles. The van der Waals surface area contributed by atoms with Crippen LogP contribution in [0.4, 0.5) is 0 Å². The Morgan fingerprint density at radius 3 is 1.68 bits per heavy atom. The summed E-state index contributed by atoms with van der Waals surface area (Å²) in [4.78, 5) is 13.6. The monoisotopic (exact) mass is 303 g/mol. The predicted molar refractivity (Wildman–Crippen MR) is 99.9 cm³/mol. The fourth-order valence-corrected chi connectivity index (χ4v) is 2.12. The summed E-state index contributed by atoms with van der Waals surface area (Å²) in [7, 11) is 0. The molecule has 0 saturated carbocycles. The van der Waals surface area contributed by atoms with Gasteiger partial charge in [-0.15, -0.1) is 0 Å². The molecular formula is C20H33NO. The number of aryl methyl sites for hydroxylation is 1. The minimum atomic E-state index is 0. The van der Waals surface area contributed by atoms with Crippen LogP contribution in [-0.2, 0) is 0 Å². The van der Waals surface area contributed by atoms with Crippen LogP contribution in [-0.4, -0.2) is 4.98 Å². The average molecular weight is 303 g/mol. The molecule has 2 rings (SSSR count). The molecule has 0 unspecified atom stereocenters. The van der Waals surface area contributed by atoms with Crippen LogP contribution < -0.4 is 5.56 Å². The van der Waals surface area contributed by atoms with Crippen molar-refractivity contribution in [1.82, 2.24) is 4.98 Å². The zero-order valence-electron chi connectivity index (χ0n) is 13.1. The maximum atomic E-state index is 11.0. The first-order valence-corrected chi connectivity index (χ1v) is 7.16. The van der Waals surface area contributed by atoms with Crippen molar-refractivity contribution in [2.24, 2.45) is 0 Å². The van der Waals surface area contributed by atoms with E-state index in [0.717, 1.165) is 5.56 Å². The Labute approximate surface area is 136 Å². The molecular weight excluding hydrogens is 270 g/mol. The van der Waals surface area contributed by atoms with Crippen LogP contribution in [0.5, 0.6) is 0 Å². The van der Waals surface area contributed by atoms with Gasteiger partial charge in [-0.05, 0) is 36.0 Å². The van der Waals surface area contributed by atoms with Gasteiger partial charge >= 0.3 is 0 Å². The number of hydrogen-bond donors (Lipinski definition) is 1. The second-order valence-electron chi connectivity index (χ2n) is 5.62. The number of rotatable bonds is 2. The maximum absolute atomic E-state index is 11.0. The minimum absolute atomic E-state index is 0. The van der Waals surface area contributed by atoms with Crippen LogP contribution in [0.3, 0.4) is 0 Å². The first-order chi connectivity index (χ1) is 9.43. The molecule has 1 aromatic carbocycles. The predicted octanol–water partition coefficient (Wildman–Crippen LogP) is 5.89. The van der Waals surface area contributed by atoms with Crippen molar-refractivity contribution >= 4 is 0 Å². The molecule has 2 nitrogen and oxygen atoms in total. The Balaban J connectivity index is 0. The summed E-state index contributed by atoms with van der Waals surface area (Å²) in [6, 6.07) is 12.2. The van der Waals surface area contributed by atoms with Crippen LogP contribution in [0.1, 0.15) is 71.1 Å². The van der Waals surface area contributed by atoms with Crippen molar-refractivity contribution in [2.45, 2.75) is 61.3 Å². The fourth-order valence-electron chi connectivity index (χ4n) is 2.12. The minimum Gasteiger partial charge on any atom is -0.329 e. The van der Waals surface area contributed by atoms with E-state index in [1.54, 1.807) is 6.20 Å². The highest BCUT2D eigenvalue weighted by Gasteiger charge is 2.01. The molecule has 0 bridgehead atoms. The third kappa shape index (κ3) is 6.75. The molecule has 0 spiro atoms. The first-order valence-electron chi connectivity index (χ1n) is 7.16. The van der Waals surface area contributed by atoms with Gasteiger partial charge in [0.15, 0.2) is 0 Å². The van der Waals surface area contributed by atoms with Crippen molar-refractivity contribution in [3.8, 4) is 0 Å². The number of benzene rings is 1. The summed E-state index contributed by atoms with van der Waals surface area (Å²) in [6.45, 7) is 10.6. The van der Waals surface area contributed by atoms with E-state index < -0.39 is 0 Å². The lowest BCUT2D eigenvalue weighted by molar-refractivity contribution is 0.844. The van der Waals surface area contributed by atoms with Crippen molar-refractivity contribution in [3.63, 3.8) is 0 Å². The number of aromatic amines is 1. The fraction of sp³-hybridized carbons (Fsp3) is 0.450. The van der Waals surface area contributed by atoms with Crippen LogP contribution in [0.2, 0.25) is 0 Å². The SMILES string of the molecule is C.C.CC(C)c1ccc[nH]c1=O.Cc1ccccc1C(C)C. The zero-order chi connectivity index (χ0) is 15.1. The number of H-pyrrole nitrogens is 1. The van der Waals surface area contributed by atoms with Crippen molar-refractivity contribution in [2.75, 3.05) is 0 Å². The number of nitrogens with one attached hydrogen (secondary N) is 1. The molecule has 22 heavy (non-hydrogen) atoms. The third-order valence-corrected chi connectivity index (χ3v) is 3.28. The standard InChI is InChI=1S/C10H14.C8H11NO.2CH4/c1-8(2)10-7-5-4-6-9(10)3;1-6(2)7-4-3-5-9-8(7)10;;/h4-8H,1-3H3;3-6H,1-2H3,(H,9,10);2*1H4. The van der Waals surface area contributed by atoms with Gasteiger partial charge in [0.1, 0.15) is 0 Å². The van der Waals surface area contributed by atoms with Crippen LogP contribution in [0.15, 0.2) is 47.4 Å². The van der Waals surface area contributed by atoms with Gasteiger partial charge in [0, 0.05) is 11.8 Å². The second-order valence-corrected chi connectivity index (χ2v) is 5.62. The summed E-state index contributed by atoms with van der Waals surface area (Å²) in [5.74, 6) is 0.964. The lowest BCUT2D eigenvalue weighted by Crippen LogP contribution is -2.11. The molecule has 0 radical (unpaired) electrons. The Hall–Kier alpha value is -1.83. The Morgan fingerprint density at radius 1 is 0.818 bits per heavy atom. The average Bonchev–Trinajstić information content (AvgIpc) is 2.40. The van der Waals surface area contributed by atoms with Gasteiger partial charge in [-0.25, -0.2) is 0 Å². The summed E-state index contributed by atoms with van der Waals surface area (Å²) >= 11 is 0. The van der Waals surface area contributed by atoms with E-state index in [-0.39, 0.29) is 20.4 Å². The number of aromatic nitrogens is 1. The summed E-state index contributed by atoms with van der Waals surface area (Å²) in [5.41, 5.74) is 3.74. The van der Waals surface area contributed by atoms with Crippen molar-refractivity contribution < 1.29 is 0 Å². The summed E-state index contributed by atoms with van der Waals surface area (Å²) in [5, 5.41) is 0. The molecule has 0 aliphatic heterocycles. The summed E-state index contributed by atoms with van der Waals surface area (Å²) < 4.78 is 0. The molecule has 124 valence electrons. The Bertz CT molecular complexity index is 582. The van der Waals surface area contributed by atoms with E-state index in [1.807, 2.05) is 26.0 Å². The highest BCUT2D eigenvalue weighted by Crippen LogP contribution is 2.17. The molecule has 0 fully saturated rings. The molecule has 1 N–H and O–H groups in total. The Morgan fingerprint density at radius 2 is 1.32 bits per heavy atom. The van der Waals surface area contributed by atoms with Gasteiger partial charge < -0.3 is 4.98 Å². The second kappa shape index (κ2) is 10.8. The lowest BCUT2D eigenvalue weighted by Gasteiger charge is -2.07. The van der Waals surface area contributed by atoms with Crippen LogP contribution in [0, 0.1) is 6.92 Å². The van der Waals surface area contributed by atoms with E-state index in [1.165, 1.54) is 11.1 Å². The molecule has 1 aromatic heterocycles. The van der Waals surface area contributed by atoms with E-state index in [4.69, 9.17) is 0 Å². The molecule has 0 atom stereocenters. The van der Waals surface area contributed by atoms with Gasteiger partial charge in [0.2, 0.25) is 0 Å². The van der Waals surface area contributed by atoms with E-state index >= 15 is 0 Å². The van der Waals surface area contributed by atoms with E-state index in [9.17, 15) is 4.79 Å². The lowest BCUT2D eigenvalue weighted by atomic mass is 9.99. The van der Waals surface area contributed by atoms with Gasteiger partial charge in [-0.3, -0.25) is 4.79 Å². The number of pyridine rings is 1. The van der Waals surface area contributed by atoms with Gasteiger partial charge in [0.25, 0.3) is 5.56 Å². The number of hydrogen-bond acceptors (Lipinski definition) is 1. The largest absolute Gasteiger partial charge is 0.329 e. The van der Waals surface area contributed by atoms with Gasteiger partial charge in [-0.2, -0.15) is 0 Å². The third-order valence-electron chi connectivity index (χ3n) is 3.28. The zero-order valence-corrected chi connectivity index (χ0v) is 13.1. The van der Waals surface area contributed by atoms with Crippen molar-refractivity contribution in [3.05, 3.63) is 69.6 Å². The molecule has 0 saturated heterocycles. The Kier molecular flexibility index (Phi) is 11.1. The van der Waals surface area contributed by atoms with E-state index in [2.05, 4.69) is 50.0 Å². The normalized spacial score (nSPS) is 9.41. The van der Waals surface area contributed by atoms with Crippen LogP contribution >= 0.6 is 0 Å². The molecule has 0 aliphatic carbocycles. The highest BCUT2D eigenvalue weighted by molar-refractivity contribution is 5.27. The topological polar surface area (TPSA) is 32.9 Å². The van der Waals surface area contributed by atoms with Crippen molar-refractivity contribution in [1.29, 1.82) is 0 Å². The first kappa shape index (κ1) is 22.5. The summed E-state index contributed by atoms with van der Waals surface area (Å²) in [6.07, 6.45) is 1.65.